The first kappa shape index (κ1) is 20.2. The minimum atomic E-state index is 0.521. The van der Waals surface area contributed by atoms with Crippen LogP contribution in [0.2, 0.25) is 0 Å². The van der Waals surface area contributed by atoms with Crippen molar-refractivity contribution in [2.45, 2.75) is 6.92 Å². The van der Waals surface area contributed by atoms with Gasteiger partial charge < -0.3 is 20.3 Å². The molecule has 0 aliphatic carbocycles. The lowest BCUT2D eigenvalue weighted by Crippen LogP contribution is -2.46. The van der Waals surface area contributed by atoms with Crippen LogP contribution in [0.15, 0.2) is 36.5 Å². The SMILES string of the molecule is CNc1nc(C)c(-c2ccnc(Nc3ccc(N4CCN(CC=O)CC4)cc3)n2)s1. The van der Waals surface area contributed by atoms with Crippen molar-refractivity contribution < 1.29 is 4.79 Å². The summed E-state index contributed by atoms with van der Waals surface area (Å²) in [7, 11) is 1.86. The van der Waals surface area contributed by atoms with Gasteiger partial charge in [0.1, 0.15) is 6.29 Å². The molecule has 0 bridgehead atoms. The normalized spacial score (nSPS) is 14.5. The Kier molecular flexibility index (Phi) is 6.20. The highest BCUT2D eigenvalue weighted by molar-refractivity contribution is 7.19. The first-order chi connectivity index (χ1) is 14.7. The van der Waals surface area contributed by atoms with Gasteiger partial charge in [0, 0.05) is 50.8 Å². The van der Waals surface area contributed by atoms with Crippen LogP contribution >= 0.6 is 11.3 Å². The highest BCUT2D eigenvalue weighted by Gasteiger charge is 2.16. The molecular weight excluding hydrogens is 398 g/mol. The molecule has 3 heterocycles. The van der Waals surface area contributed by atoms with Gasteiger partial charge in [-0.3, -0.25) is 4.90 Å². The Balaban J connectivity index is 1.42. The van der Waals surface area contributed by atoms with Crippen LogP contribution in [0.4, 0.5) is 22.5 Å². The fourth-order valence-electron chi connectivity index (χ4n) is 3.47. The molecule has 0 amide bonds. The summed E-state index contributed by atoms with van der Waals surface area (Å²) < 4.78 is 0. The van der Waals surface area contributed by atoms with Gasteiger partial charge in [0.15, 0.2) is 5.13 Å². The Hall–Kier alpha value is -3.04. The minimum Gasteiger partial charge on any atom is -0.369 e. The lowest BCUT2D eigenvalue weighted by atomic mass is 10.2. The van der Waals surface area contributed by atoms with Gasteiger partial charge in [-0.1, -0.05) is 11.3 Å². The molecule has 0 unspecified atom stereocenters. The van der Waals surface area contributed by atoms with Gasteiger partial charge >= 0.3 is 0 Å². The average Bonchev–Trinajstić information content (AvgIpc) is 3.16. The van der Waals surface area contributed by atoms with Crippen molar-refractivity contribution in [1.82, 2.24) is 19.9 Å². The van der Waals surface area contributed by atoms with E-state index < -0.39 is 0 Å². The Labute approximate surface area is 180 Å². The lowest BCUT2D eigenvalue weighted by molar-refractivity contribution is -0.108. The summed E-state index contributed by atoms with van der Waals surface area (Å²) in [5.74, 6) is 0.557. The molecule has 9 heteroatoms. The number of anilines is 4. The summed E-state index contributed by atoms with van der Waals surface area (Å²) in [6, 6.07) is 10.2. The molecule has 1 aliphatic heterocycles. The maximum Gasteiger partial charge on any atom is 0.227 e. The van der Waals surface area contributed by atoms with Crippen LogP contribution < -0.4 is 15.5 Å². The Bertz CT molecular complexity index is 997. The Morgan fingerprint density at radius 1 is 1.10 bits per heavy atom. The standard InChI is InChI=1S/C21H25N7OS/c1-15-19(30-21(22-2)24-15)18-7-8-23-20(26-18)25-16-3-5-17(6-4-16)28-11-9-27(10-12-28)13-14-29/h3-8,14H,9-13H2,1-2H3,(H,22,24)(H,23,25,26). The van der Waals surface area contributed by atoms with Crippen molar-refractivity contribution in [2.75, 3.05) is 55.3 Å². The first-order valence-corrected chi connectivity index (χ1v) is 10.7. The largest absolute Gasteiger partial charge is 0.369 e. The summed E-state index contributed by atoms with van der Waals surface area (Å²) >= 11 is 1.58. The second-order valence-electron chi connectivity index (χ2n) is 7.08. The fraction of sp³-hybridized carbons (Fsp3) is 0.333. The molecule has 8 nitrogen and oxygen atoms in total. The lowest BCUT2D eigenvalue weighted by Gasteiger charge is -2.35. The Morgan fingerprint density at radius 3 is 2.53 bits per heavy atom. The number of benzene rings is 1. The van der Waals surface area contributed by atoms with Crippen molar-refractivity contribution in [3.63, 3.8) is 0 Å². The van der Waals surface area contributed by atoms with Gasteiger partial charge in [-0.2, -0.15) is 0 Å². The van der Waals surface area contributed by atoms with E-state index in [1.807, 2.05) is 32.2 Å². The quantitative estimate of drug-likeness (QED) is 0.561. The summed E-state index contributed by atoms with van der Waals surface area (Å²) in [5.41, 5.74) is 3.92. The zero-order chi connectivity index (χ0) is 20.9. The number of aldehydes is 1. The van der Waals surface area contributed by atoms with Gasteiger partial charge in [0.05, 0.1) is 22.8 Å². The van der Waals surface area contributed by atoms with E-state index in [0.717, 1.165) is 59.5 Å². The zero-order valence-corrected chi connectivity index (χ0v) is 17.9. The van der Waals surface area contributed by atoms with Gasteiger partial charge in [-0.15, -0.1) is 0 Å². The van der Waals surface area contributed by atoms with Crippen LogP contribution in [0.3, 0.4) is 0 Å². The van der Waals surface area contributed by atoms with Crippen molar-refractivity contribution >= 4 is 40.1 Å². The monoisotopic (exact) mass is 423 g/mol. The molecule has 30 heavy (non-hydrogen) atoms. The maximum atomic E-state index is 10.7. The number of carbonyl (C=O) groups is 1. The van der Waals surface area contributed by atoms with E-state index in [9.17, 15) is 4.79 Å². The van der Waals surface area contributed by atoms with Crippen LogP contribution in [0.5, 0.6) is 0 Å². The van der Waals surface area contributed by atoms with E-state index in [1.54, 1.807) is 17.5 Å². The van der Waals surface area contributed by atoms with Crippen molar-refractivity contribution in [2.24, 2.45) is 0 Å². The van der Waals surface area contributed by atoms with E-state index in [0.29, 0.717) is 12.5 Å². The van der Waals surface area contributed by atoms with E-state index in [1.165, 1.54) is 5.69 Å². The minimum absolute atomic E-state index is 0.521. The van der Waals surface area contributed by atoms with Crippen molar-refractivity contribution in [3.8, 4) is 10.6 Å². The summed E-state index contributed by atoms with van der Waals surface area (Å²) in [6.45, 7) is 6.17. The van der Waals surface area contributed by atoms with E-state index in [-0.39, 0.29) is 0 Å². The number of hydrogen-bond acceptors (Lipinski definition) is 9. The van der Waals surface area contributed by atoms with Crippen molar-refractivity contribution in [1.29, 1.82) is 0 Å². The maximum absolute atomic E-state index is 10.7. The third-order valence-corrected chi connectivity index (χ3v) is 6.29. The van der Waals surface area contributed by atoms with E-state index >= 15 is 0 Å². The highest BCUT2D eigenvalue weighted by atomic mass is 32.1. The van der Waals surface area contributed by atoms with Crippen LogP contribution in [0, 0.1) is 6.92 Å². The third-order valence-electron chi connectivity index (χ3n) is 5.09. The van der Waals surface area contributed by atoms with Gasteiger partial charge in [-0.25, -0.2) is 15.0 Å². The molecule has 1 aliphatic rings. The van der Waals surface area contributed by atoms with E-state index in [2.05, 4.69) is 47.5 Å². The number of hydrogen-bond donors (Lipinski definition) is 2. The van der Waals surface area contributed by atoms with Crippen LogP contribution in [-0.4, -0.2) is 65.9 Å². The molecule has 156 valence electrons. The molecule has 2 aromatic heterocycles. The second-order valence-corrected chi connectivity index (χ2v) is 8.07. The molecule has 0 radical (unpaired) electrons. The van der Waals surface area contributed by atoms with E-state index in [4.69, 9.17) is 0 Å². The van der Waals surface area contributed by atoms with Crippen LogP contribution in [0.25, 0.3) is 10.6 Å². The number of aromatic nitrogens is 3. The zero-order valence-electron chi connectivity index (χ0n) is 17.1. The predicted molar refractivity (Wildman–Crippen MR) is 122 cm³/mol. The molecule has 0 spiro atoms. The number of piperazine rings is 1. The highest BCUT2D eigenvalue weighted by Crippen LogP contribution is 2.31. The van der Waals surface area contributed by atoms with Crippen LogP contribution in [0.1, 0.15) is 5.69 Å². The summed E-state index contributed by atoms with van der Waals surface area (Å²) in [6.07, 6.45) is 2.74. The number of rotatable bonds is 7. The second kappa shape index (κ2) is 9.19. The first-order valence-electron chi connectivity index (χ1n) is 9.93. The number of nitrogens with one attached hydrogen (secondary N) is 2. The number of nitrogens with zero attached hydrogens (tertiary/aromatic N) is 5. The van der Waals surface area contributed by atoms with Gasteiger partial charge in [0.2, 0.25) is 5.95 Å². The van der Waals surface area contributed by atoms with Crippen LogP contribution in [-0.2, 0) is 4.79 Å². The third kappa shape index (κ3) is 4.58. The predicted octanol–water partition coefficient (Wildman–Crippen LogP) is 3.01. The molecular formula is C21H25N7OS. The fourth-order valence-corrected chi connectivity index (χ4v) is 4.35. The number of carbonyl (C=O) groups excluding carboxylic acids is 1. The number of thiazole rings is 1. The van der Waals surface area contributed by atoms with Gasteiger partial charge in [0.25, 0.3) is 0 Å². The smallest absolute Gasteiger partial charge is 0.227 e. The molecule has 3 aromatic rings. The molecule has 2 N–H and O–H groups in total. The molecule has 1 aromatic carbocycles. The topological polar surface area (TPSA) is 86.3 Å². The number of aryl methyl sites for hydroxylation is 1. The summed E-state index contributed by atoms with van der Waals surface area (Å²) in [4.78, 5) is 29.7. The van der Waals surface area contributed by atoms with Crippen molar-refractivity contribution in [3.05, 3.63) is 42.2 Å². The molecule has 1 saturated heterocycles. The molecule has 4 rings (SSSR count). The summed E-state index contributed by atoms with van der Waals surface area (Å²) in [5, 5.41) is 7.24. The molecule has 1 fully saturated rings. The molecule has 0 saturated carbocycles. The Morgan fingerprint density at radius 2 is 1.87 bits per heavy atom. The molecule has 0 atom stereocenters. The average molecular weight is 424 g/mol. The van der Waals surface area contributed by atoms with Gasteiger partial charge in [-0.05, 0) is 37.3 Å².